The third-order valence-electron chi connectivity index (χ3n) is 3.97. The average Bonchev–Trinajstić information content (AvgIpc) is 2.48. The SMILES string of the molecule is COc1ccncc1NC(=O)CC(C)C1CCNCC1. The molecule has 20 heavy (non-hydrogen) atoms. The van der Waals surface area contributed by atoms with E-state index in [9.17, 15) is 4.79 Å². The Balaban J connectivity index is 1.88. The van der Waals surface area contributed by atoms with Gasteiger partial charge in [0.15, 0.2) is 0 Å². The second kappa shape index (κ2) is 7.24. The largest absolute Gasteiger partial charge is 0.494 e. The molecule has 0 aliphatic carbocycles. The maximum Gasteiger partial charge on any atom is 0.224 e. The Morgan fingerprint density at radius 2 is 2.30 bits per heavy atom. The van der Waals surface area contributed by atoms with E-state index < -0.39 is 0 Å². The van der Waals surface area contributed by atoms with Crippen molar-refractivity contribution < 1.29 is 9.53 Å². The van der Waals surface area contributed by atoms with Gasteiger partial charge in [-0.3, -0.25) is 9.78 Å². The Hall–Kier alpha value is -1.62. The van der Waals surface area contributed by atoms with Crippen LogP contribution >= 0.6 is 0 Å². The molecule has 1 amide bonds. The summed E-state index contributed by atoms with van der Waals surface area (Å²) in [6.45, 7) is 4.29. The van der Waals surface area contributed by atoms with Gasteiger partial charge in [-0.05, 0) is 37.8 Å². The van der Waals surface area contributed by atoms with Gasteiger partial charge in [0.05, 0.1) is 13.3 Å². The first-order valence-electron chi connectivity index (χ1n) is 7.19. The fourth-order valence-corrected chi connectivity index (χ4v) is 2.73. The Morgan fingerprint density at radius 1 is 1.55 bits per heavy atom. The van der Waals surface area contributed by atoms with Crippen LogP contribution in [0.25, 0.3) is 0 Å². The van der Waals surface area contributed by atoms with Crippen molar-refractivity contribution in [3.63, 3.8) is 0 Å². The van der Waals surface area contributed by atoms with Gasteiger partial charge in [-0.15, -0.1) is 0 Å². The number of aromatic nitrogens is 1. The second-order valence-corrected chi connectivity index (χ2v) is 5.39. The van der Waals surface area contributed by atoms with Crippen LogP contribution in [0.1, 0.15) is 26.2 Å². The molecule has 0 saturated carbocycles. The molecule has 0 aromatic carbocycles. The number of nitrogens with zero attached hydrogens (tertiary/aromatic N) is 1. The van der Waals surface area contributed by atoms with Crippen molar-refractivity contribution in [1.29, 1.82) is 0 Å². The molecule has 2 N–H and O–H groups in total. The van der Waals surface area contributed by atoms with Gasteiger partial charge in [0.1, 0.15) is 11.4 Å². The molecule has 1 aromatic heterocycles. The highest BCUT2D eigenvalue weighted by molar-refractivity contribution is 5.92. The molecule has 0 radical (unpaired) electrons. The molecular weight excluding hydrogens is 254 g/mol. The van der Waals surface area contributed by atoms with Gasteiger partial charge in [0.2, 0.25) is 5.91 Å². The number of anilines is 1. The third kappa shape index (κ3) is 3.93. The summed E-state index contributed by atoms with van der Waals surface area (Å²) in [6.07, 6.45) is 6.12. The van der Waals surface area contributed by atoms with Gasteiger partial charge in [0, 0.05) is 18.7 Å². The van der Waals surface area contributed by atoms with Crippen molar-refractivity contribution >= 4 is 11.6 Å². The maximum absolute atomic E-state index is 12.1. The van der Waals surface area contributed by atoms with Crippen LogP contribution in [-0.2, 0) is 4.79 Å². The van der Waals surface area contributed by atoms with Crippen LogP contribution in [0.2, 0.25) is 0 Å². The number of amides is 1. The van der Waals surface area contributed by atoms with E-state index in [0.717, 1.165) is 25.9 Å². The number of rotatable bonds is 5. The number of ether oxygens (including phenoxy) is 1. The zero-order chi connectivity index (χ0) is 14.4. The molecule has 1 unspecified atom stereocenters. The molecule has 1 aliphatic heterocycles. The normalized spacial score (nSPS) is 17.5. The van der Waals surface area contributed by atoms with Crippen molar-refractivity contribution in [2.45, 2.75) is 26.2 Å². The van der Waals surface area contributed by atoms with E-state index in [0.29, 0.717) is 29.7 Å². The van der Waals surface area contributed by atoms with Crippen LogP contribution in [0.4, 0.5) is 5.69 Å². The molecule has 5 nitrogen and oxygen atoms in total. The predicted molar refractivity (Wildman–Crippen MR) is 78.8 cm³/mol. The molecule has 1 aromatic rings. The van der Waals surface area contributed by atoms with E-state index in [-0.39, 0.29) is 5.91 Å². The summed E-state index contributed by atoms with van der Waals surface area (Å²) in [5.41, 5.74) is 0.637. The summed E-state index contributed by atoms with van der Waals surface area (Å²) in [6, 6.07) is 1.74. The smallest absolute Gasteiger partial charge is 0.224 e. The lowest BCUT2D eigenvalue weighted by Gasteiger charge is -2.27. The van der Waals surface area contributed by atoms with Crippen molar-refractivity contribution in [2.75, 3.05) is 25.5 Å². The van der Waals surface area contributed by atoms with Gasteiger partial charge >= 0.3 is 0 Å². The first-order valence-corrected chi connectivity index (χ1v) is 7.19. The Bertz CT molecular complexity index is 444. The molecule has 0 spiro atoms. The molecule has 2 heterocycles. The van der Waals surface area contributed by atoms with E-state index >= 15 is 0 Å². The van der Waals surface area contributed by atoms with Crippen molar-refractivity contribution in [3.8, 4) is 5.75 Å². The number of nitrogens with one attached hydrogen (secondary N) is 2. The van der Waals surface area contributed by atoms with Crippen LogP contribution in [0, 0.1) is 11.8 Å². The van der Waals surface area contributed by atoms with E-state index in [2.05, 4.69) is 22.5 Å². The Labute approximate surface area is 120 Å². The second-order valence-electron chi connectivity index (χ2n) is 5.39. The van der Waals surface area contributed by atoms with Crippen LogP contribution in [0.5, 0.6) is 5.75 Å². The summed E-state index contributed by atoms with van der Waals surface area (Å²) in [5.74, 6) is 1.71. The fraction of sp³-hybridized carbons (Fsp3) is 0.600. The van der Waals surface area contributed by atoms with Gasteiger partial charge in [0.25, 0.3) is 0 Å². The first kappa shape index (κ1) is 14.8. The van der Waals surface area contributed by atoms with E-state index in [1.165, 1.54) is 0 Å². The van der Waals surface area contributed by atoms with Gasteiger partial charge in [-0.2, -0.15) is 0 Å². The predicted octanol–water partition coefficient (Wildman–Crippen LogP) is 2.05. The van der Waals surface area contributed by atoms with Crippen LogP contribution in [-0.4, -0.2) is 31.1 Å². The third-order valence-corrected chi connectivity index (χ3v) is 3.97. The Morgan fingerprint density at radius 3 is 3.00 bits per heavy atom. The molecule has 0 bridgehead atoms. The lowest BCUT2D eigenvalue weighted by atomic mass is 9.84. The summed E-state index contributed by atoms with van der Waals surface area (Å²) in [5, 5.41) is 6.24. The average molecular weight is 277 g/mol. The molecule has 1 saturated heterocycles. The molecule has 110 valence electrons. The number of piperidine rings is 1. The molecular formula is C15H23N3O2. The standard InChI is InChI=1S/C15H23N3O2/c1-11(12-3-6-16-7-4-12)9-15(19)18-13-10-17-8-5-14(13)20-2/h5,8,10-12,16H,3-4,6-7,9H2,1-2H3,(H,18,19). The lowest BCUT2D eigenvalue weighted by Crippen LogP contribution is -2.32. The maximum atomic E-state index is 12.1. The number of pyridine rings is 1. The first-order chi connectivity index (χ1) is 9.70. The summed E-state index contributed by atoms with van der Waals surface area (Å²) < 4.78 is 5.20. The monoisotopic (exact) mass is 277 g/mol. The number of carbonyl (C=O) groups is 1. The molecule has 5 heteroatoms. The zero-order valence-electron chi connectivity index (χ0n) is 12.2. The van der Waals surface area contributed by atoms with Gasteiger partial charge in [-0.1, -0.05) is 6.92 Å². The van der Waals surface area contributed by atoms with Crippen LogP contribution in [0.3, 0.4) is 0 Å². The highest BCUT2D eigenvalue weighted by Gasteiger charge is 2.22. The van der Waals surface area contributed by atoms with E-state index in [1.807, 2.05) is 0 Å². The van der Waals surface area contributed by atoms with Crippen molar-refractivity contribution in [3.05, 3.63) is 18.5 Å². The summed E-state index contributed by atoms with van der Waals surface area (Å²) in [4.78, 5) is 16.1. The molecule has 1 atom stereocenters. The number of hydrogen-bond donors (Lipinski definition) is 2. The quantitative estimate of drug-likeness (QED) is 0.864. The van der Waals surface area contributed by atoms with Crippen molar-refractivity contribution in [1.82, 2.24) is 10.3 Å². The molecule has 1 fully saturated rings. The topological polar surface area (TPSA) is 63.2 Å². The summed E-state index contributed by atoms with van der Waals surface area (Å²) in [7, 11) is 1.59. The van der Waals surface area contributed by atoms with E-state index in [1.54, 1.807) is 25.6 Å². The van der Waals surface area contributed by atoms with Crippen molar-refractivity contribution in [2.24, 2.45) is 11.8 Å². The van der Waals surface area contributed by atoms with Crippen LogP contribution < -0.4 is 15.4 Å². The minimum absolute atomic E-state index is 0.0299. The molecule has 2 rings (SSSR count). The fourth-order valence-electron chi connectivity index (χ4n) is 2.73. The van der Waals surface area contributed by atoms with E-state index in [4.69, 9.17) is 4.74 Å². The highest BCUT2D eigenvalue weighted by atomic mass is 16.5. The number of methoxy groups -OCH3 is 1. The highest BCUT2D eigenvalue weighted by Crippen LogP contribution is 2.26. The number of hydrogen-bond acceptors (Lipinski definition) is 4. The minimum atomic E-state index is 0.0299. The number of carbonyl (C=O) groups excluding carboxylic acids is 1. The van der Waals surface area contributed by atoms with Gasteiger partial charge < -0.3 is 15.4 Å². The van der Waals surface area contributed by atoms with Gasteiger partial charge in [-0.25, -0.2) is 0 Å². The summed E-state index contributed by atoms with van der Waals surface area (Å²) >= 11 is 0. The molecule has 1 aliphatic rings. The lowest BCUT2D eigenvalue weighted by molar-refractivity contribution is -0.117. The van der Waals surface area contributed by atoms with Crippen LogP contribution in [0.15, 0.2) is 18.5 Å². The zero-order valence-corrected chi connectivity index (χ0v) is 12.2. The Kier molecular flexibility index (Phi) is 5.35. The minimum Gasteiger partial charge on any atom is -0.494 e.